The van der Waals surface area contributed by atoms with Crippen molar-refractivity contribution >= 4 is 5.91 Å². The topological polar surface area (TPSA) is 58.4 Å². The summed E-state index contributed by atoms with van der Waals surface area (Å²) in [5, 5.41) is 3.01. The van der Waals surface area contributed by atoms with E-state index in [2.05, 4.69) is 29.3 Å². The van der Waals surface area contributed by atoms with E-state index >= 15 is 0 Å². The summed E-state index contributed by atoms with van der Waals surface area (Å²) in [5.41, 5.74) is 6.90. The van der Waals surface area contributed by atoms with E-state index in [1.165, 1.54) is 5.56 Å². The van der Waals surface area contributed by atoms with Crippen molar-refractivity contribution in [2.75, 3.05) is 19.6 Å². The molecule has 0 spiro atoms. The van der Waals surface area contributed by atoms with Gasteiger partial charge in [0.15, 0.2) is 0 Å². The third-order valence-electron chi connectivity index (χ3n) is 3.58. The van der Waals surface area contributed by atoms with Gasteiger partial charge in [0.2, 0.25) is 5.91 Å². The number of benzene rings is 1. The largest absolute Gasteiger partial charge is 0.354 e. The van der Waals surface area contributed by atoms with E-state index in [1.54, 1.807) is 0 Å². The summed E-state index contributed by atoms with van der Waals surface area (Å²) in [6.07, 6.45) is 0.714. The molecule has 4 nitrogen and oxygen atoms in total. The quantitative estimate of drug-likeness (QED) is 0.849. The van der Waals surface area contributed by atoms with Crippen molar-refractivity contribution in [3.63, 3.8) is 0 Å². The van der Waals surface area contributed by atoms with Crippen LogP contribution in [0.3, 0.4) is 0 Å². The first-order valence-electron chi connectivity index (χ1n) is 6.96. The summed E-state index contributed by atoms with van der Waals surface area (Å²) in [6.45, 7) is 5.20. The molecule has 1 fully saturated rings. The van der Waals surface area contributed by atoms with Crippen LogP contribution in [-0.4, -0.2) is 36.5 Å². The first-order valence-corrected chi connectivity index (χ1v) is 6.96. The summed E-state index contributed by atoms with van der Waals surface area (Å²) in [5.74, 6) is 0.584. The Morgan fingerprint density at radius 2 is 2.11 bits per heavy atom. The highest BCUT2D eigenvalue weighted by molar-refractivity contribution is 5.82. The number of amides is 1. The maximum absolute atomic E-state index is 12.1. The predicted molar refractivity (Wildman–Crippen MR) is 76.5 cm³/mol. The van der Waals surface area contributed by atoms with E-state index in [0.29, 0.717) is 18.9 Å². The third kappa shape index (κ3) is 3.78. The number of hydrogen-bond donors (Lipinski definition) is 2. The summed E-state index contributed by atoms with van der Waals surface area (Å²) in [4.78, 5) is 14.4. The summed E-state index contributed by atoms with van der Waals surface area (Å²) >= 11 is 0. The highest BCUT2D eigenvalue weighted by Crippen LogP contribution is 2.16. The number of carbonyl (C=O) groups is 1. The van der Waals surface area contributed by atoms with E-state index in [-0.39, 0.29) is 11.9 Å². The molecular weight excluding hydrogens is 238 g/mol. The van der Waals surface area contributed by atoms with Crippen molar-refractivity contribution in [1.82, 2.24) is 10.2 Å². The fourth-order valence-electron chi connectivity index (χ4n) is 2.61. The Labute approximate surface area is 115 Å². The highest BCUT2D eigenvalue weighted by Gasteiger charge is 2.29. The number of hydrogen-bond acceptors (Lipinski definition) is 3. The number of nitrogens with one attached hydrogen (secondary N) is 1. The molecule has 0 radical (unpaired) electrons. The maximum Gasteiger partial charge on any atom is 0.237 e. The van der Waals surface area contributed by atoms with Gasteiger partial charge < -0.3 is 11.1 Å². The molecule has 1 heterocycles. The second-order valence-electron chi connectivity index (χ2n) is 5.36. The molecule has 2 rings (SSSR count). The fourth-order valence-corrected chi connectivity index (χ4v) is 2.61. The number of rotatable bonds is 4. The lowest BCUT2D eigenvalue weighted by Crippen LogP contribution is -2.45. The van der Waals surface area contributed by atoms with Crippen LogP contribution in [0.1, 0.15) is 18.9 Å². The van der Waals surface area contributed by atoms with Gasteiger partial charge >= 0.3 is 0 Å². The Kier molecular flexibility index (Phi) is 4.93. The van der Waals surface area contributed by atoms with Gasteiger partial charge in [0.05, 0.1) is 6.04 Å². The predicted octanol–water partition coefficient (Wildman–Crippen LogP) is 0.972. The van der Waals surface area contributed by atoms with Crippen LogP contribution < -0.4 is 11.1 Å². The van der Waals surface area contributed by atoms with Gasteiger partial charge in [0.1, 0.15) is 0 Å². The zero-order valence-electron chi connectivity index (χ0n) is 11.5. The van der Waals surface area contributed by atoms with Crippen LogP contribution in [0.25, 0.3) is 0 Å². The molecule has 0 bridgehead atoms. The second kappa shape index (κ2) is 6.68. The number of carbonyl (C=O) groups excluding carboxylic acids is 1. The molecular formula is C15H23N3O. The number of nitrogens with zero attached hydrogens (tertiary/aromatic N) is 1. The SMILES string of the molecule is CC1CNC(=O)C(CCN)N(Cc2ccccc2)C1. The lowest BCUT2D eigenvalue weighted by atomic mass is 10.1. The molecule has 2 unspecified atom stereocenters. The van der Waals surface area contributed by atoms with Crippen LogP contribution in [0.5, 0.6) is 0 Å². The van der Waals surface area contributed by atoms with Crippen LogP contribution in [0.15, 0.2) is 30.3 Å². The third-order valence-corrected chi connectivity index (χ3v) is 3.58. The first kappa shape index (κ1) is 14.0. The minimum absolute atomic E-state index is 0.102. The van der Waals surface area contributed by atoms with Crippen molar-refractivity contribution < 1.29 is 4.79 Å². The highest BCUT2D eigenvalue weighted by atomic mass is 16.2. The van der Waals surface area contributed by atoms with Gasteiger partial charge in [0.25, 0.3) is 0 Å². The minimum atomic E-state index is -0.102. The summed E-state index contributed by atoms with van der Waals surface area (Å²) < 4.78 is 0. The average Bonchev–Trinajstić information content (AvgIpc) is 2.54. The Hall–Kier alpha value is -1.39. The van der Waals surface area contributed by atoms with E-state index in [9.17, 15) is 4.79 Å². The molecule has 1 aromatic carbocycles. The Morgan fingerprint density at radius 1 is 1.37 bits per heavy atom. The molecule has 1 saturated heterocycles. The molecule has 1 aliphatic rings. The molecule has 3 N–H and O–H groups in total. The van der Waals surface area contributed by atoms with Gasteiger partial charge in [-0.05, 0) is 24.4 Å². The molecule has 1 amide bonds. The van der Waals surface area contributed by atoms with Crippen molar-refractivity contribution in [2.45, 2.75) is 25.9 Å². The molecule has 104 valence electrons. The van der Waals surface area contributed by atoms with E-state index in [4.69, 9.17) is 5.73 Å². The molecule has 19 heavy (non-hydrogen) atoms. The fraction of sp³-hybridized carbons (Fsp3) is 0.533. The normalized spacial score (nSPS) is 24.8. The van der Waals surface area contributed by atoms with Crippen molar-refractivity contribution in [3.05, 3.63) is 35.9 Å². The van der Waals surface area contributed by atoms with Gasteiger partial charge in [-0.15, -0.1) is 0 Å². The zero-order valence-corrected chi connectivity index (χ0v) is 11.5. The summed E-state index contributed by atoms with van der Waals surface area (Å²) in [6, 6.07) is 10.2. The van der Waals surface area contributed by atoms with E-state index in [0.717, 1.165) is 19.6 Å². The molecule has 4 heteroatoms. The van der Waals surface area contributed by atoms with Crippen molar-refractivity contribution in [3.8, 4) is 0 Å². The lowest BCUT2D eigenvalue weighted by Gasteiger charge is -2.29. The smallest absolute Gasteiger partial charge is 0.237 e. The van der Waals surface area contributed by atoms with Crippen LogP contribution in [0.4, 0.5) is 0 Å². The van der Waals surface area contributed by atoms with Gasteiger partial charge in [0, 0.05) is 19.6 Å². The van der Waals surface area contributed by atoms with Crippen LogP contribution in [0, 0.1) is 5.92 Å². The molecule has 0 aromatic heterocycles. The standard InChI is InChI=1S/C15H23N3O/c1-12-9-17-15(19)14(7-8-16)18(10-12)11-13-5-3-2-4-6-13/h2-6,12,14H,7-11,16H2,1H3,(H,17,19). The van der Waals surface area contributed by atoms with Crippen LogP contribution >= 0.6 is 0 Å². The average molecular weight is 261 g/mol. The number of nitrogens with two attached hydrogens (primary N) is 1. The first-order chi connectivity index (χ1) is 9.20. The monoisotopic (exact) mass is 261 g/mol. The zero-order chi connectivity index (χ0) is 13.7. The van der Waals surface area contributed by atoms with Gasteiger partial charge in [-0.25, -0.2) is 0 Å². The minimum Gasteiger partial charge on any atom is -0.354 e. The Balaban J connectivity index is 2.14. The molecule has 0 aliphatic carbocycles. The van der Waals surface area contributed by atoms with Gasteiger partial charge in [-0.1, -0.05) is 37.3 Å². The Bertz CT molecular complexity index is 407. The molecule has 2 atom stereocenters. The van der Waals surface area contributed by atoms with Crippen LogP contribution in [0.2, 0.25) is 0 Å². The van der Waals surface area contributed by atoms with E-state index in [1.807, 2.05) is 18.2 Å². The van der Waals surface area contributed by atoms with Crippen LogP contribution in [-0.2, 0) is 11.3 Å². The molecule has 1 aromatic rings. The van der Waals surface area contributed by atoms with E-state index < -0.39 is 0 Å². The lowest BCUT2D eigenvalue weighted by molar-refractivity contribution is -0.125. The second-order valence-corrected chi connectivity index (χ2v) is 5.36. The van der Waals surface area contributed by atoms with Gasteiger partial charge in [-0.2, -0.15) is 0 Å². The molecule has 0 saturated carbocycles. The molecule has 1 aliphatic heterocycles. The summed E-state index contributed by atoms with van der Waals surface area (Å²) in [7, 11) is 0. The Morgan fingerprint density at radius 3 is 2.79 bits per heavy atom. The maximum atomic E-state index is 12.1. The van der Waals surface area contributed by atoms with Crippen molar-refractivity contribution in [1.29, 1.82) is 0 Å². The van der Waals surface area contributed by atoms with Gasteiger partial charge in [-0.3, -0.25) is 9.69 Å². The van der Waals surface area contributed by atoms with Crippen molar-refractivity contribution in [2.24, 2.45) is 11.7 Å².